The number of rotatable bonds is 1. The van der Waals surface area contributed by atoms with Gasteiger partial charge in [0.1, 0.15) is 11.6 Å². The molecule has 19 heavy (non-hydrogen) atoms. The molecule has 4 N–H and O–H groups in total. The molecule has 5 heteroatoms. The molecular weight excluding hydrogens is 238 g/mol. The number of hydrogen-bond donors (Lipinski definition) is 2. The molecule has 1 aliphatic rings. The average Bonchev–Trinajstić information content (AvgIpc) is 2.43. The second-order valence-corrected chi connectivity index (χ2v) is 4.71. The van der Waals surface area contributed by atoms with E-state index in [-0.39, 0.29) is 0 Å². The molecule has 0 aliphatic carbocycles. The molecule has 0 amide bonds. The van der Waals surface area contributed by atoms with Crippen molar-refractivity contribution < 1.29 is 0 Å². The number of nitrogen functional groups attached to an aromatic ring is 2. The number of pyridine rings is 1. The Labute approximate surface area is 112 Å². The first-order chi connectivity index (χ1) is 9.16. The van der Waals surface area contributed by atoms with Crippen LogP contribution in [0, 0.1) is 0 Å². The third-order valence-electron chi connectivity index (χ3n) is 3.46. The molecule has 3 rings (SSSR count). The third-order valence-corrected chi connectivity index (χ3v) is 3.46. The molecule has 0 spiro atoms. The van der Waals surface area contributed by atoms with E-state index < -0.39 is 0 Å². The summed E-state index contributed by atoms with van der Waals surface area (Å²) in [5.74, 6) is 1.22. The highest BCUT2D eigenvalue weighted by molar-refractivity contribution is 5.79. The van der Waals surface area contributed by atoms with E-state index in [9.17, 15) is 0 Å². The fourth-order valence-electron chi connectivity index (χ4n) is 2.37. The van der Waals surface area contributed by atoms with E-state index >= 15 is 0 Å². The predicted octanol–water partition coefficient (Wildman–Crippen LogP) is 1.83. The molecule has 0 saturated carbocycles. The first-order valence-electron chi connectivity index (χ1n) is 6.26. The van der Waals surface area contributed by atoms with Gasteiger partial charge in [-0.15, -0.1) is 0 Å². The van der Waals surface area contributed by atoms with E-state index in [1.54, 1.807) is 6.07 Å². The minimum absolute atomic E-state index is 0.383. The highest BCUT2D eigenvalue weighted by Gasteiger charge is 2.21. The SMILES string of the molecule is CN1CCN(c2ccc(N)c(N)n2)c2ccccc21. The standard InChI is InChI=1S/C14H17N5/c1-18-8-9-19(12-5-3-2-4-11(12)18)13-7-6-10(15)14(16)17-13/h2-7H,8-9,15H2,1H3,(H2,16,17). The van der Waals surface area contributed by atoms with Crippen LogP contribution in [-0.2, 0) is 0 Å². The van der Waals surface area contributed by atoms with Crippen molar-refractivity contribution in [2.24, 2.45) is 0 Å². The Hall–Kier alpha value is -2.43. The van der Waals surface area contributed by atoms with E-state index in [1.165, 1.54) is 5.69 Å². The normalized spacial score (nSPS) is 14.4. The molecule has 1 aliphatic heterocycles. The molecule has 5 nitrogen and oxygen atoms in total. The second-order valence-electron chi connectivity index (χ2n) is 4.71. The lowest BCUT2D eigenvalue weighted by atomic mass is 10.1. The summed E-state index contributed by atoms with van der Waals surface area (Å²) in [6.45, 7) is 1.83. The van der Waals surface area contributed by atoms with E-state index in [0.29, 0.717) is 11.5 Å². The Bertz CT molecular complexity index is 611. The number of aromatic nitrogens is 1. The number of benzene rings is 1. The van der Waals surface area contributed by atoms with Crippen molar-refractivity contribution in [2.75, 3.05) is 41.4 Å². The van der Waals surface area contributed by atoms with Crippen LogP contribution < -0.4 is 21.3 Å². The van der Waals surface area contributed by atoms with E-state index in [0.717, 1.165) is 24.6 Å². The first kappa shape index (κ1) is 11.6. The summed E-state index contributed by atoms with van der Waals surface area (Å²) in [5.41, 5.74) is 14.4. The molecule has 0 radical (unpaired) electrons. The summed E-state index contributed by atoms with van der Waals surface area (Å²) < 4.78 is 0. The molecular formula is C14H17N5. The van der Waals surface area contributed by atoms with Crippen molar-refractivity contribution >= 4 is 28.7 Å². The minimum Gasteiger partial charge on any atom is -0.396 e. The molecule has 98 valence electrons. The molecule has 2 heterocycles. The Morgan fingerprint density at radius 1 is 1.00 bits per heavy atom. The van der Waals surface area contributed by atoms with E-state index in [2.05, 4.69) is 34.0 Å². The van der Waals surface area contributed by atoms with Gasteiger partial charge in [0.2, 0.25) is 0 Å². The summed E-state index contributed by atoms with van der Waals surface area (Å²) >= 11 is 0. The predicted molar refractivity (Wildman–Crippen MR) is 79.8 cm³/mol. The number of anilines is 5. The van der Waals surface area contributed by atoms with Gasteiger partial charge in [0, 0.05) is 20.1 Å². The van der Waals surface area contributed by atoms with Crippen LogP contribution in [0.3, 0.4) is 0 Å². The second kappa shape index (κ2) is 4.35. The van der Waals surface area contributed by atoms with Crippen LogP contribution in [0.4, 0.5) is 28.7 Å². The largest absolute Gasteiger partial charge is 0.396 e. The van der Waals surface area contributed by atoms with Gasteiger partial charge in [-0.3, -0.25) is 0 Å². The van der Waals surface area contributed by atoms with Crippen molar-refractivity contribution in [1.82, 2.24) is 4.98 Å². The van der Waals surface area contributed by atoms with Gasteiger partial charge in [-0.2, -0.15) is 0 Å². The average molecular weight is 255 g/mol. The van der Waals surface area contributed by atoms with Gasteiger partial charge in [-0.25, -0.2) is 4.98 Å². The topological polar surface area (TPSA) is 71.4 Å². The number of hydrogen-bond acceptors (Lipinski definition) is 5. The van der Waals surface area contributed by atoms with Crippen LogP contribution >= 0.6 is 0 Å². The van der Waals surface area contributed by atoms with Crippen molar-refractivity contribution in [3.63, 3.8) is 0 Å². The zero-order valence-corrected chi connectivity index (χ0v) is 10.9. The molecule has 2 aromatic rings. The Morgan fingerprint density at radius 2 is 1.74 bits per heavy atom. The van der Waals surface area contributed by atoms with Gasteiger partial charge >= 0.3 is 0 Å². The molecule has 1 aromatic heterocycles. The maximum absolute atomic E-state index is 5.80. The summed E-state index contributed by atoms with van der Waals surface area (Å²) in [4.78, 5) is 8.79. The van der Waals surface area contributed by atoms with Crippen LogP contribution in [0.25, 0.3) is 0 Å². The van der Waals surface area contributed by atoms with Crippen LogP contribution in [0.1, 0.15) is 0 Å². The fourth-order valence-corrected chi connectivity index (χ4v) is 2.37. The van der Waals surface area contributed by atoms with Crippen LogP contribution in [-0.4, -0.2) is 25.1 Å². The first-order valence-corrected chi connectivity index (χ1v) is 6.26. The van der Waals surface area contributed by atoms with Crippen molar-refractivity contribution in [3.8, 4) is 0 Å². The third kappa shape index (κ3) is 1.93. The number of likely N-dealkylation sites (N-methyl/N-ethyl adjacent to an activating group) is 1. The molecule has 0 saturated heterocycles. The molecule has 0 fully saturated rings. The Morgan fingerprint density at radius 3 is 2.47 bits per heavy atom. The highest BCUT2D eigenvalue weighted by atomic mass is 15.3. The van der Waals surface area contributed by atoms with Crippen LogP contribution in [0.5, 0.6) is 0 Å². The summed E-state index contributed by atoms with van der Waals surface area (Å²) in [7, 11) is 2.10. The quantitative estimate of drug-likeness (QED) is 0.813. The van der Waals surface area contributed by atoms with Gasteiger partial charge in [-0.05, 0) is 24.3 Å². The Balaban J connectivity index is 2.07. The highest BCUT2D eigenvalue weighted by Crippen LogP contribution is 2.36. The summed E-state index contributed by atoms with van der Waals surface area (Å²) in [6, 6.07) is 12.0. The zero-order valence-electron chi connectivity index (χ0n) is 10.9. The van der Waals surface area contributed by atoms with Crippen molar-refractivity contribution in [1.29, 1.82) is 0 Å². The van der Waals surface area contributed by atoms with Gasteiger partial charge in [0.15, 0.2) is 0 Å². The lowest BCUT2D eigenvalue weighted by molar-refractivity contribution is 0.814. The lowest BCUT2D eigenvalue weighted by Crippen LogP contribution is -2.36. The van der Waals surface area contributed by atoms with Gasteiger partial charge in [0.05, 0.1) is 17.1 Å². The van der Waals surface area contributed by atoms with Gasteiger partial charge in [-0.1, -0.05) is 12.1 Å². The van der Waals surface area contributed by atoms with Gasteiger partial charge in [0.25, 0.3) is 0 Å². The lowest BCUT2D eigenvalue weighted by Gasteiger charge is -2.36. The van der Waals surface area contributed by atoms with E-state index in [4.69, 9.17) is 11.5 Å². The maximum atomic E-state index is 5.80. The van der Waals surface area contributed by atoms with Crippen LogP contribution in [0.2, 0.25) is 0 Å². The number of para-hydroxylation sites is 2. The summed E-state index contributed by atoms with van der Waals surface area (Å²) in [5, 5.41) is 0. The van der Waals surface area contributed by atoms with Crippen LogP contribution in [0.15, 0.2) is 36.4 Å². The number of nitrogens with zero attached hydrogens (tertiary/aromatic N) is 3. The Kier molecular flexibility index (Phi) is 2.67. The molecule has 0 bridgehead atoms. The molecule has 1 aromatic carbocycles. The monoisotopic (exact) mass is 255 g/mol. The van der Waals surface area contributed by atoms with Crippen molar-refractivity contribution in [2.45, 2.75) is 0 Å². The number of nitrogens with two attached hydrogens (primary N) is 2. The van der Waals surface area contributed by atoms with Crippen molar-refractivity contribution in [3.05, 3.63) is 36.4 Å². The fraction of sp³-hybridized carbons (Fsp3) is 0.214. The summed E-state index contributed by atoms with van der Waals surface area (Å²) in [6.07, 6.45) is 0. The molecule has 0 atom stereocenters. The molecule has 0 unspecified atom stereocenters. The smallest absolute Gasteiger partial charge is 0.149 e. The number of fused-ring (bicyclic) bond motifs is 1. The minimum atomic E-state index is 0.383. The zero-order chi connectivity index (χ0) is 13.4. The van der Waals surface area contributed by atoms with Gasteiger partial charge < -0.3 is 21.3 Å². The van der Waals surface area contributed by atoms with E-state index in [1.807, 2.05) is 18.2 Å². The maximum Gasteiger partial charge on any atom is 0.149 e.